The normalized spacial score (nSPS) is 35.5. The molecule has 2 nitrogen and oxygen atoms in total. The third-order valence-corrected chi connectivity index (χ3v) is 3.01. The molecule has 1 N–H and O–H groups in total. The molecule has 1 saturated heterocycles. The summed E-state index contributed by atoms with van der Waals surface area (Å²) in [7, 11) is 4.25. The summed E-state index contributed by atoms with van der Waals surface area (Å²) in [6, 6.07) is 1.35. The molecule has 0 aliphatic carbocycles. The van der Waals surface area contributed by atoms with Crippen LogP contribution in [0.4, 0.5) is 0 Å². The van der Waals surface area contributed by atoms with Crippen molar-refractivity contribution < 1.29 is 0 Å². The maximum atomic E-state index is 3.52. The average molecular weight is 156 g/mol. The Bertz CT molecular complexity index is 140. The Morgan fingerprint density at radius 2 is 1.91 bits per heavy atom. The van der Waals surface area contributed by atoms with Crippen LogP contribution in [-0.2, 0) is 0 Å². The SMILES string of the molecule is CC1NC(CN(C)C)C1(C)C. The number of hydrogen-bond acceptors (Lipinski definition) is 2. The molecule has 1 fully saturated rings. The maximum Gasteiger partial charge on any atom is 0.0263 e. The first kappa shape index (κ1) is 9.01. The molecule has 1 heterocycles. The van der Waals surface area contributed by atoms with Gasteiger partial charge >= 0.3 is 0 Å². The molecule has 2 heteroatoms. The molecule has 1 aliphatic rings. The zero-order valence-corrected chi connectivity index (χ0v) is 8.31. The average Bonchev–Trinajstić information content (AvgIpc) is 1.87. The van der Waals surface area contributed by atoms with Crippen molar-refractivity contribution in [2.24, 2.45) is 5.41 Å². The molecule has 0 amide bonds. The van der Waals surface area contributed by atoms with Crippen LogP contribution in [0.15, 0.2) is 0 Å². The Morgan fingerprint density at radius 3 is 2.18 bits per heavy atom. The minimum absolute atomic E-state index is 0.476. The van der Waals surface area contributed by atoms with Crippen LogP contribution in [-0.4, -0.2) is 37.6 Å². The molecule has 1 aliphatic heterocycles. The topological polar surface area (TPSA) is 15.3 Å². The second-order valence-electron chi connectivity index (χ2n) is 4.52. The van der Waals surface area contributed by atoms with Crippen molar-refractivity contribution in [3.8, 4) is 0 Å². The third-order valence-electron chi connectivity index (χ3n) is 3.01. The Labute approximate surface area is 70.0 Å². The van der Waals surface area contributed by atoms with Crippen molar-refractivity contribution in [3.05, 3.63) is 0 Å². The monoisotopic (exact) mass is 156 g/mol. The lowest BCUT2D eigenvalue weighted by molar-refractivity contribution is 0.0415. The van der Waals surface area contributed by atoms with E-state index in [0.717, 1.165) is 6.54 Å². The Hall–Kier alpha value is -0.0800. The lowest BCUT2D eigenvalue weighted by atomic mass is 9.70. The standard InChI is InChI=1S/C9H20N2/c1-7-9(2,3)8(10-7)6-11(4)5/h7-8,10H,6H2,1-5H3. The summed E-state index contributed by atoms with van der Waals surface area (Å²) in [6.07, 6.45) is 0. The molecule has 0 bridgehead atoms. The number of rotatable bonds is 2. The van der Waals surface area contributed by atoms with Gasteiger partial charge in [0.2, 0.25) is 0 Å². The smallest absolute Gasteiger partial charge is 0.0263 e. The maximum absolute atomic E-state index is 3.52. The van der Waals surface area contributed by atoms with E-state index in [0.29, 0.717) is 17.5 Å². The molecule has 2 unspecified atom stereocenters. The summed E-state index contributed by atoms with van der Waals surface area (Å²) < 4.78 is 0. The zero-order chi connectivity index (χ0) is 8.65. The fourth-order valence-electron chi connectivity index (χ4n) is 1.59. The van der Waals surface area contributed by atoms with Gasteiger partial charge in [-0.05, 0) is 26.4 Å². The van der Waals surface area contributed by atoms with Crippen LogP contribution in [0.1, 0.15) is 20.8 Å². The Morgan fingerprint density at radius 1 is 1.36 bits per heavy atom. The summed E-state index contributed by atoms with van der Waals surface area (Å²) in [5, 5.41) is 3.52. The first-order chi connectivity index (χ1) is 4.94. The first-order valence-electron chi connectivity index (χ1n) is 4.35. The summed E-state index contributed by atoms with van der Waals surface area (Å²) in [4.78, 5) is 2.24. The predicted octanol–water partition coefficient (Wildman–Crippen LogP) is 0.934. The highest BCUT2D eigenvalue weighted by Gasteiger charge is 2.44. The summed E-state index contributed by atoms with van der Waals surface area (Å²) in [5.41, 5.74) is 0.476. The molecule has 11 heavy (non-hydrogen) atoms. The fourth-order valence-corrected chi connectivity index (χ4v) is 1.59. The van der Waals surface area contributed by atoms with Gasteiger partial charge in [-0.25, -0.2) is 0 Å². The fraction of sp³-hybridized carbons (Fsp3) is 1.00. The Kier molecular flexibility index (Phi) is 2.26. The van der Waals surface area contributed by atoms with E-state index in [-0.39, 0.29) is 0 Å². The summed E-state index contributed by atoms with van der Waals surface area (Å²) in [5.74, 6) is 0. The van der Waals surface area contributed by atoms with E-state index >= 15 is 0 Å². The van der Waals surface area contributed by atoms with Crippen LogP contribution in [0.2, 0.25) is 0 Å². The number of nitrogens with one attached hydrogen (secondary N) is 1. The third kappa shape index (κ3) is 1.57. The molecule has 66 valence electrons. The molecule has 2 atom stereocenters. The van der Waals surface area contributed by atoms with E-state index in [1.807, 2.05) is 0 Å². The molecule has 0 aromatic rings. The molecule has 0 radical (unpaired) electrons. The quantitative estimate of drug-likeness (QED) is 0.640. The van der Waals surface area contributed by atoms with Crippen molar-refractivity contribution >= 4 is 0 Å². The molecule has 0 spiro atoms. The van der Waals surface area contributed by atoms with E-state index < -0.39 is 0 Å². The number of hydrogen-bond donors (Lipinski definition) is 1. The van der Waals surface area contributed by atoms with Crippen molar-refractivity contribution in [1.29, 1.82) is 0 Å². The number of likely N-dealkylation sites (N-methyl/N-ethyl adjacent to an activating group) is 1. The van der Waals surface area contributed by atoms with Gasteiger partial charge < -0.3 is 10.2 Å². The van der Waals surface area contributed by atoms with Gasteiger partial charge in [0.1, 0.15) is 0 Å². The Balaban J connectivity index is 2.40. The molecular weight excluding hydrogens is 136 g/mol. The van der Waals surface area contributed by atoms with Gasteiger partial charge in [0.05, 0.1) is 0 Å². The van der Waals surface area contributed by atoms with Gasteiger partial charge in [-0.1, -0.05) is 13.8 Å². The van der Waals surface area contributed by atoms with E-state index in [4.69, 9.17) is 0 Å². The van der Waals surface area contributed by atoms with Crippen molar-refractivity contribution in [2.45, 2.75) is 32.9 Å². The first-order valence-corrected chi connectivity index (χ1v) is 4.35. The second-order valence-corrected chi connectivity index (χ2v) is 4.52. The second kappa shape index (κ2) is 2.76. The van der Waals surface area contributed by atoms with E-state index in [2.05, 4.69) is 45.1 Å². The number of nitrogens with zero attached hydrogens (tertiary/aromatic N) is 1. The van der Waals surface area contributed by atoms with E-state index in [1.54, 1.807) is 0 Å². The minimum Gasteiger partial charge on any atom is -0.309 e. The van der Waals surface area contributed by atoms with Crippen LogP contribution in [0.25, 0.3) is 0 Å². The van der Waals surface area contributed by atoms with Gasteiger partial charge in [0, 0.05) is 18.6 Å². The van der Waals surface area contributed by atoms with Gasteiger partial charge in [-0.3, -0.25) is 0 Å². The molecule has 0 aromatic heterocycles. The highest BCUT2D eigenvalue weighted by atomic mass is 15.2. The van der Waals surface area contributed by atoms with Crippen LogP contribution in [0, 0.1) is 5.41 Å². The highest BCUT2D eigenvalue weighted by Crippen LogP contribution is 2.34. The highest BCUT2D eigenvalue weighted by molar-refractivity contribution is 5.03. The van der Waals surface area contributed by atoms with Gasteiger partial charge in [0.15, 0.2) is 0 Å². The summed E-state index contributed by atoms with van der Waals surface area (Å²) >= 11 is 0. The van der Waals surface area contributed by atoms with Crippen LogP contribution < -0.4 is 5.32 Å². The zero-order valence-electron chi connectivity index (χ0n) is 8.31. The lowest BCUT2D eigenvalue weighted by Gasteiger charge is -2.53. The van der Waals surface area contributed by atoms with E-state index in [9.17, 15) is 0 Å². The van der Waals surface area contributed by atoms with Gasteiger partial charge in [-0.15, -0.1) is 0 Å². The van der Waals surface area contributed by atoms with Crippen LogP contribution in [0.5, 0.6) is 0 Å². The molecule has 0 saturated carbocycles. The summed E-state index contributed by atoms with van der Waals surface area (Å²) in [6.45, 7) is 8.08. The van der Waals surface area contributed by atoms with Crippen LogP contribution in [0.3, 0.4) is 0 Å². The van der Waals surface area contributed by atoms with Crippen molar-refractivity contribution in [1.82, 2.24) is 10.2 Å². The lowest BCUT2D eigenvalue weighted by Crippen LogP contribution is -2.68. The molecule has 0 aromatic carbocycles. The van der Waals surface area contributed by atoms with Gasteiger partial charge in [-0.2, -0.15) is 0 Å². The van der Waals surface area contributed by atoms with E-state index in [1.165, 1.54) is 0 Å². The van der Waals surface area contributed by atoms with Crippen molar-refractivity contribution in [3.63, 3.8) is 0 Å². The largest absolute Gasteiger partial charge is 0.309 e. The predicted molar refractivity (Wildman–Crippen MR) is 48.7 cm³/mol. The van der Waals surface area contributed by atoms with Crippen molar-refractivity contribution in [2.75, 3.05) is 20.6 Å². The molecular formula is C9H20N2. The minimum atomic E-state index is 0.476. The molecule has 1 rings (SSSR count). The van der Waals surface area contributed by atoms with Gasteiger partial charge in [0.25, 0.3) is 0 Å². The van der Waals surface area contributed by atoms with Crippen LogP contribution >= 0.6 is 0 Å².